The molecule has 0 radical (unpaired) electrons. The van der Waals surface area contributed by atoms with Crippen molar-refractivity contribution in [2.75, 3.05) is 13.2 Å². The lowest BCUT2D eigenvalue weighted by atomic mass is 10.1. The number of alkyl carbamates (subject to hydrolysis) is 1. The molecule has 1 fully saturated rings. The second-order valence-electron chi connectivity index (χ2n) is 3.99. The van der Waals surface area contributed by atoms with E-state index in [4.69, 9.17) is 4.74 Å². The molecule has 0 heterocycles. The van der Waals surface area contributed by atoms with E-state index >= 15 is 0 Å². The van der Waals surface area contributed by atoms with Gasteiger partial charge in [-0.2, -0.15) is 0 Å². The Morgan fingerprint density at radius 2 is 2.25 bits per heavy atom. The smallest absolute Gasteiger partial charge is 0.407 e. The van der Waals surface area contributed by atoms with E-state index in [0.717, 1.165) is 6.54 Å². The average Bonchev–Trinajstić information content (AvgIpc) is 2.56. The van der Waals surface area contributed by atoms with Crippen LogP contribution >= 0.6 is 0 Å². The van der Waals surface area contributed by atoms with Crippen molar-refractivity contribution in [1.82, 2.24) is 5.32 Å². The first-order valence-electron chi connectivity index (χ1n) is 4.47. The molecular weight excluding hydrogens is 154 g/mol. The van der Waals surface area contributed by atoms with Gasteiger partial charge in [-0.05, 0) is 24.7 Å². The van der Waals surface area contributed by atoms with Gasteiger partial charge in [0.2, 0.25) is 0 Å². The minimum atomic E-state index is -0.291. The summed E-state index contributed by atoms with van der Waals surface area (Å²) < 4.78 is 4.74. The van der Waals surface area contributed by atoms with Gasteiger partial charge in [0.25, 0.3) is 0 Å². The molecule has 0 aromatic heterocycles. The highest BCUT2D eigenvalue weighted by Crippen LogP contribution is 2.50. The van der Waals surface area contributed by atoms with Crippen LogP contribution in [0.4, 0.5) is 4.79 Å². The molecule has 0 spiro atoms. The number of hydrogen-bond acceptors (Lipinski definition) is 2. The molecule has 0 aromatic carbocycles. The van der Waals surface area contributed by atoms with Crippen molar-refractivity contribution in [3.8, 4) is 0 Å². The summed E-state index contributed by atoms with van der Waals surface area (Å²) in [5.74, 6) is 0.641. The van der Waals surface area contributed by atoms with Gasteiger partial charge in [0, 0.05) is 6.54 Å². The fraction of sp³-hybridized carbons (Fsp3) is 0.889. The summed E-state index contributed by atoms with van der Waals surface area (Å²) in [6.07, 6.45) is 0.916. The molecule has 1 aliphatic carbocycles. The van der Waals surface area contributed by atoms with E-state index in [-0.39, 0.29) is 6.09 Å². The summed E-state index contributed by atoms with van der Waals surface area (Å²) in [7, 11) is 0. The molecule has 1 saturated carbocycles. The third kappa shape index (κ3) is 2.40. The fourth-order valence-corrected chi connectivity index (χ4v) is 1.31. The maximum atomic E-state index is 10.9. The standard InChI is InChI=1S/C9H17NO2/c1-4-12-8(11)10-6-7-5-9(7,2)3/h7H,4-6H2,1-3H3,(H,10,11). The first-order chi connectivity index (χ1) is 5.56. The highest BCUT2D eigenvalue weighted by Gasteiger charge is 2.45. The Morgan fingerprint density at radius 1 is 1.67 bits per heavy atom. The van der Waals surface area contributed by atoms with Crippen molar-refractivity contribution in [3.63, 3.8) is 0 Å². The Hall–Kier alpha value is -0.730. The Morgan fingerprint density at radius 3 is 2.67 bits per heavy atom. The maximum Gasteiger partial charge on any atom is 0.407 e. The quantitative estimate of drug-likeness (QED) is 0.703. The molecule has 3 nitrogen and oxygen atoms in total. The minimum Gasteiger partial charge on any atom is -0.450 e. The molecule has 1 aliphatic rings. The lowest BCUT2D eigenvalue weighted by Crippen LogP contribution is -2.27. The van der Waals surface area contributed by atoms with E-state index in [0.29, 0.717) is 17.9 Å². The monoisotopic (exact) mass is 171 g/mol. The van der Waals surface area contributed by atoms with E-state index in [9.17, 15) is 4.79 Å². The lowest BCUT2D eigenvalue weighted by Gasteiger charge is -2.05. The van der Waals surface area contributed by atoms with Crippen LogP contribution in [-0.4, -0.2) is 19.2 Å². The molecule has 0 aromatic rings. The van der Waals surface area contributed by atoms with E-state index in [1.165, 1.54) is 6.42 Å². The molecule has 0 aliphatic heterocycles. The number of nitrogens with one attached hydrogen (secondary N) is 1. The van der Waals surface area contributed by atoms with Gasteiger partial charge in [-0.3, -0.25) is 0 Å². The van der Waals surface area contributed by atoms with Crippen LogP contribution in [-0.2, 0) is 4.74 Å². The van der Waals surface area contributed by atoms with Crippen LogP contribution in [0.5, 0.6) is 0 Å². The zero-order valence-electron chi connectivity index (χ0n) is 8.02. The van der Waals surface area contributed by atoms with E-state index < -0.39 is 0 Å². The molecule has 1 rings (SSSR count). The predicted molar refractivity (Wildman–Crippen MR) is 46.9 cm³/mol. The second-order valence-corrected chi connectivity index (χ2v) is 3.99. The Bertz CT molecular complexity index is 177. The molecule has 1 N–H and O–H groups in total. The van der Waals surface area contributed by atoms with Crippen molar-refractivity contribution in [3.05, 3.63) is 0 Å². The zero-order chi connectivity index (χ0) is 9.19. The largest absolute Gasteiger partial charge is 0.450 e. The Balaban J connectivity index is 2.07. The van der Waals surface area contributed by atoms with Crippen LogP contribution in [0.2, 0.25) is 0 Å². The van der Waals surface area contributed by atoms with Gasteiger partial charge >= 0.3 is 6.09 Å². The van der Waals surface area contributed by atoms with Gasteiger partial charge < -0.3 is 10.1 Å². The third-order valence-electron chi connectivity index (χ3n) is 2.49. The van der Waals surface area contributed by atoms with Crippen LogP contribution < -0.4 is 5.32 Å². The number of rotatable bonds is 3. The summed E-state index contributed by atoms with van der Waals surface area (Å²) in [5.41, 5.74) is 0.430. The predicted octanol–water partition coefficient (Wildman–Crippen LogP) is 1.78. The summed E-state index contributed by atoms with van der Waals surface area (Å²) in [5, 5.41) is 2.74. The fourth-order valence-electron chi connectivity index (χ4n) is 1.31. The van der Waals surface area contributed by atoms with Gasteiger partial charge in [-0.25, -0.2) is 4.79 Å². The van der Waals surface area contributed by atoms with Gasteiger partial charge in [-0.1, -0.05) is 13.8 Å². The first kappa shape index (κ1) is 9.36. The highest BCUT2D eigenvalue weighted by atomic mass is 16.5. The molecule has 3 heteroatoms. The van der Waals surface area contributed by atoms with Crippen molar-refractivity contribution < 1.29 is 9.53 Å². The maximum absolute atomic E-state index is 10.9. The molecular formula is C9H17NO2. The normalized spacial score (nSPS) is 24.8. The van der Waals surface area contributed by atoms with E-state index in [2.05, 4.69) is 19.2 Å². The minimum absolute atomic E-state index is 0.291. The summed E-state index contributed by atoms with van der Waals surface area (Å²) >= 11 is 0. The van der Waals surface area contributed by atoms with Crippen LogP contribution in [0.3, 0.4) is 0 Å². The second kappa shape index (κ2) is 3.33. The molecule has 12 heavy (non-hydrogen) atoms. The molecule has 1 unspecified atom stereocenters. The van der Waals surface area contributed by atoms with Crippen molar-refractivity contribution in [2.24, 2.45) is 11.3 Å². The Labute approximate surface area is 73.5 Å². The van der Waals surface area contributed by atoms with Gasteiger partial charge in [0.15, 0.2) is 0 Å². The van der Waals surface area contributed by atoms with Gasteiger partial charge in [-0.15, -0.1) is 0 Å². The third-order valence-corrected chi connectivity index (χ3v) is 2.49. The number of amides is 1. The zero-order valence-corrected chi connectivity index (χ0v) is 8.02. The van der Waals surface area contributed by atoms with Crippen molar-refractivity contribution >= 4 is 6.09 Å². The van der Waals surface area contributed by atoms with E-state index in [1.807, 2.05) is 0 Å². The highest BCUT2D eigenvalue weighted by molar-refractivity contribution is 5.67. The molecule has 1 atom stereocenters. The first-order valence-corrected chi connectivity index (χ1v) is 4.47. The molecule has 0 bridgehead atoms. The SMILES string of the molecule is CCOC(=O)NCC1CC1(C)C. The van der Waals surface area contributed by atoms with Crippen LogP contribution in [0.15, 0.2) is 0 Å². The number of carbonyl (C=O) groups is 1. The summed E-state index contributed by atoms with van der Waals surface area (Å²) in [6.45, 7) is 7.43. The molecule has 0 saturated heterocycles. The van der Waals surface area contributed by atoms with Crippen LogP contribution in [0.1, 0.15) is 27.2 Å². The van der Waals surface area contributed by atoms with Crippen LogP contribution in [0.25, 0.3) is 0 Å². The van der Waals surface area contributed by atoms with Gasteiger partial charge in [0.1, 0.15) is 0 Å². The van der Waals surface area contributed by atoms with Crippen molar-refractivity contribution in [1.29, 1.82) is 0 Å². The van der Waals surface area contributed by atoms with E-state index in [1.54, 1.807) is 6.92 Å². The molecule has 1 amide bonds. The Kier molecular flexibility index (Phi) is 2.60. The van der Waals surface area contributed by atoms with Crippen LogP contribution in [0, 0.1) is 11.3 Å². The summed E-state index contributed by atoms with van der Waals surface area (Å²) in [4.78, 5) is 10.9. The van der Waals surface area contributed by atoms with Gasteiger partial charge in [0.05, 0.1) is 6.61 Å². The number of carbonyl (C=O) groups excluding carboxylic acids is 1. The average molecular weight is 171 g/mol. The van der Waals surface area contributed by atoms with Crippen molar-refractivity contribution in [2.45, 2.75) is 27.2 Å². The lowest BCUT2D eigenvalue weighted by molar-refractivity contribution is 0.151. The summed E-state index contributed by atoms with van der Waals surface area (Å²) in [6, 6.07) is 0. The molecule has 70 valence electrons. The topological polar surface area (TPSA) is 38.3 Å². The number of ether oxygens (including phenoxy) is 1. The number of hydrogen-bond donors (Lipinski definition) is 1.